The van der Waals surface area contributed by atoms with Gasteiger partial charge >= 0.3 is 0 Å². The number of hydrogen-bond acceptors (Lipinski definition) is 6. The van der Waals surface area contributed by atoms with Gasteiger partial charge in [0.25, 0.3) is 0 Å². The molecule has 0 spiro atoms. The van der Waals surface area contributed by atoms with Crippen molar-refractivity contribution in [2.45, 2.75) is 6.42 Å². The third-order valence-corrected chi connectivity index (χ3v) is 4.95. The van der Waals surface area contributed by atoms with E-state index in [-0.39, 0.29) is 0 Å². The van der Waals surface area contributed by atoms with E-state index in [2.05, 4.69) is 37.0 Å². The molecule has 1 aromatic carbocycles. The van der Waals surface area contributed by atoms with Gasteiger partial charge in [-0.05, 0) is 30.2 Å². The average molecular weight is 364 g/mol. The first-order chi connectivity index (χ1) is 13.3. The molecule has 1 fully saturated rings. The highest BCUT2D eigenvalue weighted by atomic mass is 16.5. The lowest BCUT2D eigenvalue weighted by molar-refractivity contribution is 0.260. The molecule has 0 bridgehead atoms. The Hall–Kier alpha value is -2.93. The molecule has 0 N–H and O–H groups in total. The van der Waals surface area contributed by atoms with Gasteiger partial charge in [-0.3, -0.25) is 4.90 Å². The monoisotopic (exact) mass is 364 g/mol. The van der Waals surface area contributed by atoms with E-state index in [1.54, 1.807) is 24.3 Å². The Morgan fingerprint density at radius 2 is 1.78 bits per heavy atom. The van der Waals surface area contributed by atoms with Crippen molar-refractivity contribution < 1.29 is 4.74 Å². The smallest absolute Gasteiger partial charge is 0.158 e. The predicted octanol–water partition coefficient (Wildman–Crippen LogP) is 2.04. The molecule has 3 heterocycles. The molecule has 1 aliphatic heterocycles. The summed E-state index contributed by atoms with van der Waals surface area (Å²) in [5.41, 5.74) is 1.35. The Balaban J connectivity index is 1.30. The summed E-state index contributed by atoms with van der Waals surface area (Å²) in [5, 5.41) is 4.24. The zero-order valence-corrected chi connectivity index (χ0v) is 15.5. The highest BCUT2D eigenvalue weighted by Gasteiger charge is 2.18. The van der Waals surface area contributed by atoms with Crippen LogP contribution in [0.4, 0.5) is 5.82 Å². The van der Waals surface area contributed by atoms with Crippen LogP contribution < -0.4 is 9.64 Å². The maximum Gasteiger partial charge on any atom is 0.158 e. The van der Waals surface area contributed by atoms with E-state index in [4.69, 9.17) is 4.74 Å². The zero-order valence-electron chi connectivity index (χ0n) is 15.5. The Labute approximate surface area is 159 Å². The molecule has 0 radical (unpaired) electrons. The fourth-order valence-electron chi connectivity index (χ4n) is 3.32. The maximum absolute atomic E-state index is 5.22. The van der Waals surface area contributed by atoms with Gasteiger partial charge in [0.15, 0.2) is 5.82 Å². The Kier molecular flexibility index (Phi) is 5.29. The van der Waals surface area contributed by atoms with E-state index < -0.39 is 0 Å². The van der Waals surface area contributed by atoms with Crippen LogP contribution in [0.2, 0.25) is 0 Å². The molecule has 0 aliphatic carbocycles. The minimum Gasteiger partial charge on any atom is -0.497 e. The van der Waals surface area contributed by atoms with Crippen LogP contribution in [-0.2, 0) is 6.42 Å². The first kappa shape index (κ1) is 17.5. The van der Waals surface area contributed by atoms with Crippen LogP contribution in [0.3, 0.4) is 0 Å². The van der Waals surface area contributed by atoms with Gasteiger partial charge in [-0.25, -0.2) is 14.6 Å². The van der Waals surface area contributed by atoms with E-state index >= 15 is 0 Å². The summed E-state index contributed by atoms with van der Waals surface area (Å²) in [5.74, 6) is 2.67. The molecule has 7 nitrogen and oxygen atoms in total. The van der Waals surface area contributed by atoms with Crippen LogP contribution in [0.15, 0.2) is 55.1 Å². The van der Waals surface area contributed by atoms with Crippen LogP contribution in [0.5, 0.6) is 5.75 Å². The topological polar surface area (TPSA) is 59.3 Å². The van der Waals surface area contributed by atoms with Crippen molar-refractivity contribution in [2.24, 2.45) is 0 Å². The normalized spacial score (nSPS) is 15.1. The fourth-order valence-corrected chi connectivity index (χ4v) is 3.32. The van der Waals surface area contributed by atoms with Gasteiger partial charge in [0.2, 0.25) is 0 Å². The van der Waals surface area contributed by atoms with Crippen LogP contribution in [0, 0.1) is 0 Å². The second-order valence-electron chi connectivity index (χ2n) is 6.61. The van der Waals surface area contributed by atoms with Crippen molar-refractivity contribution in [1.82, 2.24) is 24.6 Å². The van der Waals surface area contributed by atoms with Crippen molar-refractivity contribution in [2.75, 3.05) is 44.7 Å². The minimum atomic E-state index is 0.798. The molecule has 2 aromatic heterocycles. The number of piperazine rings is 1. The van der Waals surface area contributed by atoms with Gasteiger partial charge in [-0.15, -0.1) is 0 Å². The summed E-state index contributed by atoms with van der Waals surface area (Å²) >= 11 is 0. The summed E-state index contributed by atoms with van der Waals surface area (Å²) in [6, 6.07) is 12.2. The summed E-state index contributed by atoms with van der Waals surface area (Å²) < 4.78 is 6.98. The molecule has 27 heavy (non-hydrogen) atoms. The van der Waals surface area contributed by atoms with Crippen LogP contribution in [0.1, 0.15) is 5.56 Å². The first-order valence-electron chi connectivity index (χ1n) is 9.24. The largest absolute Gasteiger partial charge is 0.497 e. The molecule has 1 saturated heterocycles. The van der Waals surface area contributed by atoms with Gasteiger partial charge in [0.05, 0.1) is 7.11 Å². The SMILES string of the molecule is COc1ccc(CCN2CCN(c3cc(-n4cccn4)ncn3)CC2)cc1. The number of rotatable bonds is 6. The molecule has 7 heteroatoms. The number of hydrogen-bond donors (Lipinski definition) is 0. The van der Waals surface area contributed by atoms with Gasteiger partial charge in [0.1, 0.15) is 17.9 Å². The quantitative estimate of drug-likeness (QED) is 0.667. The third kappa shape index (κ3) is 4.25. The number of aromatic nitrogens is 4. The molecule has 0 atom stereocenters. The number of nitrogens with zero attached hydrogens (tertiary/aromatic N) is 6. The highest BCUT2D eigenvalue weighted by Crippen LogP contribution is 2.16. The van der Waals surface area contributed by atoms with Gasteiger partial charge < -0.3 is 9.64 Å². The van der Waals surface area contributed by atoms with Gasteiger partial charge in [-0.2, -0.15) is 5.10 Å². The zero-order chi connectivity index (χ0) is 18.5. The van der Waals surface area contributed by atoms with Crippen LogP contribution >= 0.6 is 0 Å². The summed E-state index contributed by atoms with van der Waals surface area (Å²) in [6.07, 6.45) is 6.32. The van der Waals surface area contributed by atoms with Crippen molar-refractivity contribution in [3.8, 4) is 11.6 Å². The molecule has 0 saturated carbocycles. The number of ether oxygens (including phenoxy) is 1. The van der Waals surface area contributed by atoms with E-state index in [0.29, 0.717) is 0 Å². The van der Waals surface area contributed by atoms with Crippen molar-refractivity contribution >= 4 is 5.82 Å². The molecule has 140 valence electrons. The lowest BCUT2D eigenvalue weighted by Crippen LogP contribution is -2.47. The minimum absolute atomic E-state index is 0.798. The van der Waals surface area contributed by atoms with Gasteiger partial charge in [0, 0.05) is 51.2 Å². The number of benzene rings is 1. The standard InChI is InChI=1S/C20H24N6O/c1-27-18-5-3-17(4-6-18)7-10-24-11-13-25(14-12-24)19-15-20(22-16-21-19)26-9-2-8-23-26/h2-6,8-9,15-16H,7,10-14H2,1H3. The van der Waals surface area contributed by atoms with E-state index in [1.165, 1.54) is 5.56 Å². The summed E-state index contributed by atoms with van der Waals surface area (Å²) in [7, 11) is 1.70. The summed E-state index contributed by atoms with van der Waals surface area (Å²) in [6.45, 7) is 5.09. The Morgan fingerprint density at radius 1 is 1.00 bits per heavy atom. The lowest BCUT2D eigenvalue weighted by Gasteiger charge is -2.35. The second-order valence-corrected chi connectivity index (χ2v) is 6.61. The van der Waals surface area contributed by atoms with Crippen LogP contribution in [0.25, 0.3) is 5.82 Å². The first-order valence-corrected chi connectivity index (χ1v) is 9.24. The Morgan fingerprint density at radius 3 is 2.48 bits per heavy atom. The molecule has 4 rings (SSSR count). The molecule has 1 aliphatic rings. The number of anilines is 1. The molecule has 0 unspecified atom stereocenters. The van der Waals surface area contributed by atoms with E-state index in [0.717, 1.165) is 56.5 Å². The van der Waals surface area contributed by atoms with E-state index in [9.17, 15) is 0 Å². The Bertz CT molecular complexity index is 841. The van der Waals surface area contributed by atoms with E-state index in [1.807, 2.05) is 30.5 Å². The lowest BCUT2D eigenvalue weighted by atomic mass is 10.1. The highest BCUT2D eigenvalue weighted by molar-refractivity contribution is 5.43. The maximum atomic E-state index is 5.22. The van der Waals surface area contributed by atoms with Crippen molar-refractivity contribution in [3.05, 3.63) is 60.7 Å². The third-order valence-electron chi connectivity index (χ3n) is 4.95. The molecular weight excluding hydrogens is 340 g/mol. The predicted molar refractivity (Wildman–Crippen MR) is 105 cm³/mol. The number of methoxy groups -OCH3 is 1. The molecule has 0 amide bonds. The average Bonchev–Trinajstić information content (AvgIpc) is 3.28. The van der Waals surface area contributed by atoms with Crippen LogP contribution in [-0.4, -0.2) is 64.5 Å². The molecular formula is C20H24N6O. The van der Waals surface area contributed by atoms with Gasteiger partial charge in [-0.1, -0.05) is 12.1 Å². The van der Waals surface area contributed by atoms with Crippen molar-refractivity contribution in [3.63, 3.8) is 0 Å². The second kappa shape index (κ2) is 8.18. The fraction of sp³-hybridized carbons (Fsp3) is 0.350. The van der Waals surface area contributed by atoms with Crippen molar-refractivity contribution in [1.29, 1.82) is 0 Å². The summed E-state index contributed by atoms with van der Waals surface area (Å²) in [4.78, 5) is 13.6. The molecule has 3 aromatic rings.